The van der Waals surface area contributed by atoms with Crippen LogP contribution in [0.4, 0.5) is 0 Å². The van der Waals surface area contributed by atoms with Crippen molar-refractivity contribution in [2.45, 2.75) is 76.4 Å². The zero-order chi connectivity index (χ0) is 23.3. The lowest BCUT2D eigenvalue weighted by atomic mass is 9.96. The number of rotatable bonds is 14. The van der Waals surface area contributed by atoms with Gasteiger partial charge in [0.25, 0.3) is 0 Å². The Kier molecular flexibility index (Phi) is 11.6. The normalized spacial score (nSPS) is 19.2. The number of methoxy groups -OCH3 is 2. The maximum absolute atomic E-state index is 12.7. The van der Waals surface area contributed by atoms with Gasteiger partial charge in [-0.3, -0.25) is 9.59 Å². The van der Waals surface area contributed by atoms with Gasteiger partial charge in [-0.25, -0.2) is 9.59 Å². The minimum Gasteiger partial charge on any atom is -0.451 e. The molecule has 0 aromatic carbocycles. The average molecular weight is 453 g/mol. The highest BCUT2D eigenvalue weighted by atomic mass is 16.6. The van der Waals surface area contributed by atoms with Gasteiger partial charge in [0.15, 0.2) is 23.8 Å². The lowest BCUT2D eigenvalue weighted by molar-refractivity contribution is -0.154. The summed E-state index contributed by atoms with van der Waals surface area (Å²) in [5, 5.41) is 0. The van der Waals surface area contributed by atoms with Gasteiger partial charge >= 0.3 is 11.9 Å². The van der Waals surface area contributed by atoms with Crippen molar-refractivity contribution >= 4 is 23.5 Å². The maximum atomic E-state index is 12.7. The van der Waals surface area contributed by atoms with Gasteiger partial charge in [-0.1, -0.05) is 25.7 Å². The first-order valence-corrected chi connectivity index (χ1v) is 11.6. The SMILES string of the molecule is COCCC(OC(=O)/C=C/C(=O)OC(CCOC)C(=O)C1CCCC1)C(=O)C1CCCC1. The molecule has 0 saturated heterocycles. The highest BCUT2D eigenvalue weighted by Gasteiger charge is 2.32. The Hall–Kier alpha value is -2.06. The third-order valence-corrected chi connectivity index (χ3v) is 6.19. The third kappa shape index (κ3) is 8.47. The van der Waals surface area contributed by atoms with Crippen LogP contribution in [0.2, 0.25) is 0 Å². The zero-order valence-corrected chi connectivity index (χ0v) is 19.2. The van der Waals surface area contributed by atoms with Crippen molar-refractivity contribution < 1.29 is 38.1 Å². The number of carbonyl (C=O) groups is 4. The Morgan fingerprint density at radius 3 is 1.34 bits per heavy atom. The van der Waals surface area contributed by atoms with Crippen molar-refractivity contribution in [3.05, 3.63) is 12.2 Å². The van der Waals surface area contributed by atoms with E-state index < -0.39 is 24.1 Å². The van der Waals surface area contributed by atoms with Crippen molar-refractivity contribution in [2.75, 3.05) is 27.4 Å². The molecule has 0 amide bonds. The summed E-state index contributed by atoms with van der Waals surface area (Å²) in [4.78, 5) is 49.8. The van der Waals surface area contributed by atoms with Gasteiger partial charge in [-0.2, -0.15) is 0 Å². The number of ketones is 2. The smallest absolute Gasteiger partial charge is 0.331 e. The molecule has 180 valence electrons. The predicted molar refractivity (Wildman–Crippen MR) is 116 cm³/mol. The van der Waals surface area contributed by atoms with Gasteiger partial charge in [0.1, 0.15) is 0 Å². The van der Waals surface area contributed by atoms with Crippen LogP contribution in [0, 0.1) is 11.8 Å². The van der Waals surface area contributed by atoms with Crippen molar-refractivity contribution in [1.29, 1.82) is 0 Å². The van der Waals surface area contributed by atoms with Gasteiger partial charge in [0.2, 0.25) is 0 Å². The van der Waals surface area contributed by atoms with Crippen LogP contribution in [-0.2, 0) is 38.1 Å². The Morgan fingerprint density at radius 2 is 1.03 bits per heavy atom. The average Bonchev–Trinajstić information content (AvgIpc) is 3.51. The van der Waals surface area contributed by atoms with Crippen LogP contribution in [0.3, 0.4) is 0 Å². The molecule has 0 spiro atoms. The van der Waals surface area contributed by atoms with Crippen molar-refractivity contribution in [3.63, 3.8) is 0 Å². The topological polar surface area (TPSA) is 105 Å². The molecule has 0 bridgehead atoms. The summed E-state index contributed by atoms with van der Waals surface area (Å²) in [7, 11) is 3.03. The molecule has 0 heterocycles. The zero-order valence-electron chi connectivity index (χ0n) is 19.2. The molecule has 2 fully saturated rings. The van der Waals surface area contributed by atoms with E-state index in [0.717, 1.165) is 63.5 Å². The predicted octanol–water partition coefficient (Wildman–Crippen LogP) is 2.96. The fraction of sp³-hybridized carbons (Fsp3) is 0.750. The molecule has 0 radical (unpaired) electrons. The highest BCUT2D eigenvalue weighted by Crippen LogP contribution is 2.28. The number of esters is 2. The summed E-state index contributed by atoms with van der Waals surface area (Å²) >= 11 is 0. The molecule has 0 aromatic rings. The number of hydrogen-bond donors (Lipinski definition) is 0. The molecule has 2 atom stereocenters. The second-order valence-electron chi connectivity index (χ2n) is 8.51. The molecule has 0 N–H and O–H groups in total. The molecule has 2 unspecified atom stereocenters. The van der Waals surface area contributed by atoms with E-state index in [1.165, 1.54) is 14.2 Å². The van der Waals surface area contributed by atoms with Crippen molar-refractivity contribution in [3.8, 4) is 0 Å². The number of Topliss-reactive ketones (excluding diaryl/α,β-unsaturated/α-hetero) is 2. The van der Waals surface area contributed by atoms with Gasteiger partial charge in [0.05, 0.1) is 13.2 Å². The van der Waals surface area contributed by atoms with Crippen molar-refractivity contribution in [2.24, 2.45) is 11.8 Å². The number of ether oxygens (including phenoxy) is 4. The Balaban J connectivity index is 1.91. The van der Waals surface area contributed by atoms with E-state index in [0.29, 0.717) is 0 Å². The molecular weight excluding hydrogens is 416 g/mol. The van der Waals surface area contributed by atoms with Crippen LogP contribution in [-0.4, -0.2) is 63.1 Å². The van der Waals surface area contributed by atoms with E-state index in [1.807, 2.05) is 0 Å². The Morgan fingerprint density at radius 1 is 0.688 bits per heavy atom. The van der Waals surface area contributed by atoms with Crippen molar-refractivity contribution in [1.82, 2.24) is 0 Å². The molecule has 0 aromatic heterocycles. The molecule has 2 rings (SSSR count). The Labute approximate surface area is 190 Å². The standard InChI is InChI=1S/C24H36O8/c1-29-15-13-19(23(27)17-7-3-4-8-17)31-21(25)11-12-22(26)32-20(14-16-30-2)24(28)18-9-5-6-10-18/h11-12,17-20H,3-10,13-16H2,1-2H3/b12-11+. The first-order valence-electron chi connectivity index (χ1n) is 11.6. The monoisotopic (exact) mass is 452 g/mol. The lowest BCUT2D eigenvalue weighted by Gasteiger charge is -2.19. The maximum Gasteiger partial charge on any atom is 0.331 e. The molecule has 8 heteroatoms. The van der Waals surface area contributed by atoms with Crippen LogP contribution >= 0.6 is 0 Å². The van der Waals surface area contributed by atoms with E-state index in [4.69, 9.17) is 18.9 Å². The first kappa shape index (κ1) is 26.2. The summed E-state index contributed by atoms with van der Waals surface area (Å²) in [5.74, 6) is -1.98. The molecule has 8 nitrogen and oxygen atoms in total. The van der Waals surface area contributed by atoms with E-state index in [2.05, 4.69) is 0 Å². The fourth-order valence-electron chi connectivity index (χ4n) is 4.41. The lowest BCUT2D eigenvalue weighted by Crippen LogP contribution is -2.33. The molecule has 32 heavy (non-hydrogen) atoms. The third-order valence-electron chi connectivity index (χ3n) is 6.19. The van der Waals surface area contributed by atoms with Gasteiger partial charge < -0.3 is 18.9 Å². The quantitative estimate of drug-likeness (QED) is 0.293. The molecule has 2 aliphatic carbocycles. The van der Waals surface area contributed by atoms with E-state index >= 15 is 0 Å². The summed E-state index contributed by atoms with van der Waals surface area (Å²) < 4.78 is 20.7. The number of hydrogen-bond acceptors (Lipinski definition) is 8. The summed E-state index contributed by atoms with van der Waals surface area (Å²) in [6.07, 6.45) is 7.83. The summed E-state index contributed by atoms with van der Waals surface area (Å²) in [6, 6.07) is 0. The van der Waals surface area contributed by atoms with Gasteiger partial charge in [-0.05, 0) is 25.7 Å². The van der Waals surface area contributed by atoms with Crippen LogP contribution < -0.4 is 0 Å². The molecule has 2 aliphatic rings. The summed E-state index contributed by atoms with van der Waals surface area (Å²) in [6.45, 7) is 0.569. The van der Waals surface area contributed by atoms with Gasteiger partial charge in [-0.15, -0.1) is 0 Å². The molecule has 2 saturated carbocycles. The minimum atomic E-state index is -0.899. The van der Waals surface area contributed by atoms with Crippen LogP contribution in [0.25, 0.3) is 0 Å². The largest absolute Gasteiger partial charge is 0.451 e. The van der Waals surface area contributed by atoms with E-state index in [1.54, 1.807) is 0 Å². The summed E-state index contributed by atoms with van der Waals surface area (Å²) in [5.41, 5.74) is 0. The number of carbonyl (C=O) groups excluding carboxylic acids is 4. The molecular formula is C24H36O8. The van der Waals surface area contributed by atoms with Crippen LogP contribution in [0.15, 0.2) is 12.2 Å². The Bertz CT molecular complexity index is 603. The first-order chi connectivity index (χ1) is 15.5. The van der Waals surface area contributed by atoms with Crippen LogP contribution in [0.5, 0.6) is 0 Å². The second-order valence-corrected chi connectivity index (χ2v) is 8.51. The highest BCUT2D eigenvalue weighted by molar-refractivity contribution is 5.95. The van der Waals surface area contributed by atoms with Gasteiger partial charge in [0, 0.05) is 51.0 Å². The van der Waals surface area contributed by atoms with E-state index in [9.17, 15) is 19.2 Å². The molecule has 0 aliphatic heterocycles. The second kappa shape index (κ2) is 14.2. The fourth-order valence-corrected chi connectivity index (χ4v) is 4.41. The minimum absolute atomic E-state index is 0.0920. The van der Waals surface area contributed by atoms with Crippen LogP contribution in [0.1, 0.15) is 64.2 Å². The van der Waals surface area contributed by atoms with E-state index in [-0.39, 0.29) is 49.5 Å².